The Kier molecular flexibility index (Phi) is 13.3. The molecule has 1 saturated heterocycles. The van der Waals surface area contributed by atoms with Crippen molar-refractivity contribution in [2.45, 2.75) is 76.0 Å². The van der Waals surface area contributed by atoms with Crippen LogP contribution in [0.15, 0.2) is 0 Å². The third kappa shape index (κ3) is 6.80. The lowest BCUT2D eigenvalue weighted by molar-refractivity contribution is -0.0149. The van der Waals surface area contributed by atoms with Crippen molar-refractivity contribution in [3.63, 3.8) is 0 Å². The SMILES string of the molecule is CCCC1(OC)CCCC[Si]1(OC)OC.NCCCCCCN. The molecule has 1 aliphatic heterocycles. The van der Waals surface area contributed by atoms with E-state index in [9.17, 15) is 0 Å². The maximum Gasteiger partial charge on any atom is 0.370 e. The molecule has 0 bridgehead atoms. The molecule has 1 heterocycles. The van der Waals surface area contributed by atoms with E-state index in [1.165, 1.54) is 25.7 Å². The number of ether oxygens (including phenoxy) is 1. The first-order valence-corrected chi connectivity index (χ1v) is 11.2. The zero-order valence-electron chi connectivity index (χ0n) is 15.9. The van der Waals surface area contributed by atoms with E-state index in [4.69, 9.17) is 25.1 Å². The Balaban J connectivity index is 0.000000515. The van der Waals surface area contributed by atoms with Gasteiger partial charge in [0, 0.05) is 21.3 Å². The van der Waals surface area contributed by atoms with Crippen LogP contribution in [-0.4, -0.2) is 48.2 Å². The van der Waals surface area contributed by atoms with Crippen molar-refractivity contribution in [1.82, 2.24) is 0 Å². The van der Waals surface area contributed by atoms with Crippen molar-refractivity contribution in [2.75, 3.05) is 34.4 Å². The molecule has 5 nitrogen and oxygen atoms in total. The molecule has 1 rings (SSSR count). The smallest absolute Gasteiger partial charge is 0.370 e. The summed E-state index contributed by atoms with van der Waals surface area (Å²) in [5.74, 6) is 0. The Morgan fingerprint density at radius 3 is 1.87 bits per heavy atom. The summed E-state index contributed by atoms with van der Waals surface area (Å²) in [6.45, 7) is 3.84. The minimum absolute atomic E-state index is 0.122. The summed E-state index contributed by atoms with van der Waals surface area (Å²) >= 11 is 0. The molecule has 1 unspecified atom stereocenters. The van der Waals surface area contributed by atoms with Crippen LogP contribution < -0.4 is 11.5 Å². The summed E-state index contributed by atoms with van der Waals surface area (Å²) in [4.78, 5) is 0. The summed E-state index contributed by atoms with van der Waals surface area (Å²) in [7, 11) is 3.22. The average molecular weight is 349 g/mol. The van der Waals surface area contributed by atoms with Gasteiger partial charge < -0.3 is 25.1 Å². The zero-order valence-corrected chi connectivity index (χ0v) is 16.9. The molecule has 0 aliphatic carbocycles. The van der Waals surface area contributed by atoms with E-state index in [1.807, 2.05) is 0 Å². The van der Waals surface area contributed by atoms with E-state index in [2.05, 4.69) is 6.92 Å². The quantitative estimate of drug-likeness (QED) is 0.468. The van der Waals surface area contributed by atoms with Crippen LogP contribution >= 0.6 is 0 Å². The van der Waals surface area contributed by atoms with E-state index in [-0.39, 0.29) is 5.22 Å². The Morgan fingerprint density at radius 2 is 1.48 bits per heavy atom. The largest absolute Gasteiger partial charge is 0.396 e. The van der Waals surface area contributed by atoms with E-state index in [0.717, 1.165) is 51.2 Å². The summed E-state index contributed by atoms with van der Waals surface area (Å²) in [6, 6.07) is 1.06. The van der Waals surface area contributed by atoms with Crippen molar-refractivity contribution in [2.24, 2.45) is 11.5 Å². The van der Waals surface area contributed by atoms with Gasteiger partial charge in [-0.25, -0.2) is 0 Å². The molecule has 4 N–H and O–H groups in total. The van der Waals surface area contributed by atoms with Gasteiger partial charge in [-0.1, -0.05) is 39.0 Å². The highest BCUT2D eigenvalue weighted by Crippen LogP contribution is 2.42. The van der Waals surface area contributed by atoms with Crippen molar-refractivity contribution < 1.29 is 13.6 Å². The van der Waals surface area contributed by atoms with Crippen LogP contribution in [0, 0.1) is 0 Å². The predicted octanol–water partition coefficient (Wildman–Crippen LogP) is 3.09. The third-order valence-electron chi connectivity index (χ3n) is 4.89. The second-order valence-electron chi connectivity index (χ2n) is 6.31. The van der Waals surface area contributed by atoms with Crippen LogP contribution in [-0.2, 0) is 13.6 Å². The molecule has 6 heteroatoms. The molecule has 1 aliphatic rings. The number of hydrogen-bond donors (Lipinski definition) is 2. The maximum atomic E-state index is 5.83. The molecule has 0 saturated carbocycles. The Labute approximate surface area is 144 Å². The highest BCUT2D eigenvalue weighted by atomic mass is 28.4. The van der Waals surface area contributed by atoms with Crippen LogP contribution in [0.3, 0.4) is 0 Å². The van der Waals surface area contributed by atoms with Crippen molar-refractivity contribution in [3.8, 4) is 0 Å². The molecular formula is C17H40N2O3Si. The molecule has 0 radical (unpaired) electrons. The second-order valence-corrected chi connectivity index (χ2v) is 10.0. The van der Waals surface area contributed by atoms with Crippen LogP contribution in [0.2, 0.25) is 6.04 Å². The van der Waals surface area contributed by atoms with Gasteiger partial charge in [0.25, 0.3) is 0 Å². The van der Waals surface area contributed by atoms with Gasteiger partial charge in [-0.05, 0) is 44.8 Å². The number of nitrogens with two attached hydrogens (primary N) is 2. The van der Waals surface area contributed by atoms with E-state index >= 15 is 0 Å². The van der Waals surface area contributed by atoms with Crippen LogP contribution in [0.25, 0.3) is 0 Å². The first-order chi connectivity index (χ1) is 11.1. The molecule has 0 aromatic heterocycles. The number of unbranched alkanes of at least 4 members (excludes halogenated alkanes) is 3. The molecule has 140 valence electrons. The lowest BCUT2D eigenvalue weighted by Crippen LogP contribution is -2.64. The van der Waals surface area contributed by atoms with Gasteiger partial charge in [-0.15, -0.1) is 0 Å². The molecule has 1 fully saturated rings. The third-order valence-corrected chi connectivity index (χ3v) is 9.32. The minimum Gasteiger partial charge on any atom is -0.396 e. The van der Waals surface area contributed by atoms with Crippen LogP contribution in [0.1, 0.15) is 64.7 Å². The highest BCUT2D eigenvalue weighted by molar-refractivity contribution is 6.70. The lowest BCUT2D eigenvalue weighted by atomic mass is 10.1. The fraction of sp³-hybridized carbons (Fsp3) is 1.00. The first-order valence-electron chi connectivity index (χ1n) is 9.17. The van der Waals surface area contributed by atoms with Gasteiger partial charge in [-0.3, -0.25) is 0 Å². The predicted molar refractivity (Wildman–Crippen MR) is 99.7 cm³/mol. The van der Waals surface area contributed by atoms with E-state index < -0.39 is 8.56 Å². The van der Waals surface area contributed by atoms with Gasteiger partial charge in [0.2, 0.25) is 0 Å². The Hall–Kier alpha value is 0.0169. The van der Waals surface area contributed by atoms with Crippen LogP contribution in [0.4, 0.5) is 0 Å². The number of methoxy groups -OCH3 is 1. The Morgan fingerprint density at radius 1 is 0.913 bits per heavy atom. The van der Waals surface area contributed by atoms with Crippen molar-refractivity contribution >= 4 is 8.56 Å². The van der Waals surface area contributed by atoms with Crippen molar-refractivity contribution in [1.29, 1.82) is 0 Å². The van der Waals surface area contributed by atoms with E-state index in [0.29, 0.717) is 0 Å². The summed E-state index contributed by atoms with van der Waals surface area (Å²) in [5, 5.41) is -0.122. The fourth-order valence-corrected chi connectivity index (χ4v) is 7.56. The summed E-state index contributed by atoms with van der Waals surface area (Å²) < 4.78 is 17.4. The monoisotopic (exact) mass is 348 g/mol. The van der Waals surface area contributed by atoms with Crippen LogP contribution in [0.5, 0.6) is 0 Å². The zero-order chi connectivity index (χ0) is 17.6. The van der Waals surface area contributed by atoms with Crippen molar-refractivity contribution in [3.05, 3.63) is 0 Å². The summed E-state index contributed by atoms with van der Waals surface area (Å²) in [5.41, 5.74) is 10.6. The lowest BCUT2D eigenvalue weighted by Gasteiger charge is -2.47. The maximum absolute atomic E-state index is 5.83. The number of rotatable bonds is 10. The normalized spacial score (nSPS) is 23.2. The van der Waals surface area contributed by atoms with Gasteiger partial charge in [0.1, 0.15) is 5.22 Å². The average Bonchev–Trinajstić information content (AvgIpc) is 2.60. The first kappa shape index (κ1) is 23.0. The minimum atomic E-state index is -2.15. The molecule has 23 heavy (non-hydrogen) atoms. The fourth-order valence-electron chi connectivity index (χ4n) is 3.57. The molecule has 0 spiro atoms. The highest BCUT2D eigenvalue weighted by Gasteiger charge is 2.58. The van der Waals surface area contributed by atoms with Gasteiger partial charge in [-0.2, -0.15) is 0 Å². The summed E-state index contributed by atoms with van der Waals surface area (Å²) in [6.07, 6.45) is 10.5. The molecular weight excluding hydrogens is 308 g/mol. The van der Waals surface area contributed by atoms with Gasteiger partial charge in [0.05, 0.1) is 0 Å². The topological polar surface area (TPSA) is 79.7 Å². The van der Waals surface area contributed by atoms with Gasteiger partial charge >= 0.3 is 8.56 Å². The second kappa shape index (κ2) is 13.3. The number of hydrogen-bond acceptors (Lipinski definition) is 5. The molecule has 0 aromatic carbocycles. The molecule has 0 amide bonds. The van der Waals surface area contributed by atoms with Gasteiger partial charge in [0.15, 0.2) is 0 Å². The standard InChI is InChI=1S/C11H24O3Si.C6H16N2/c1-5-8-11(12-2)9-6-7-10-15(11,13-3)14-4;7-5-3-1-2-4-6-8/h5-10H2,1-4H3;1-8H2. The van der Waals surface area contributed by atoms with E-state index in [1.54, 1.807) is 21.3 Å². The Bertz CT molecular complexity index is 269. The molecule has 1 atom stereocenters. The molecule has 0 aromatic rings.